The second-order valence-electron chi connectivity index (χ2n) is 5.14. The third-order valence-corrected chi connectivity index (χ3v) is 4.29. The number of carbonyl (C=O) groups is 1. The van der Waals surface area contributed by atoms with E-state index in [1.54, 1.807) is 0 Å². The summed E-state index contributed by atoms with van der Waals surface area (Å²) >= 11 is 3.54. The standard InChI is InChI=1S/C15H21BrN2O/c1-12-11-18(10-9-17-12)15(19)8-4-6-13-5-2-3-7-14(13)16/h2-3,5,7,12,17H,4,6,8-11H2,1H3. The molecule has 19 heavy (non-hydrogen) atoms. The molecule has 0 spiro atoms. The Bertz CT molecular complexity index is 436. The van der Waals surface area contributed by atoms with Crippen molar-refractivity contribution in [1.29, 1.82) is 0 Å². The van der Waals surface area contributed by atoms with Gasteiger partial charge in [-0.15, -0.1) is 0 Å². The zero-order valence-electron chi connectivity index (χ0n) is 11.4. The van der Waals surface area contributed by atoms with Gasteiger partial charge in [0.2, 0.25) is 5.91 Å². The topological polar surface area (TPSA) is 32.3 Å². The molecule has 1 aliphatic rings. The molecular formula is C15H21BrN2O. The maximum Gasteiger partial charge on any atom is 0.222 e. The maximum absolute atomic E-state index is 12.1. The molecule has 1 fully saturated rings. The molecule has 3 nitrogen and oxygen atoms in total. The smallest absolute Gasteiger partial charge is 0.222 e. The summed E-state index contributed by atoms with van der Waals surface area (Å²) in [6, 6.07) is 8.64. The molecule has 0 aromatic heterocycles. The number of aryl methyl sites for hydroxylation is 1. The van der Waals surface area contributed by atoms with Gasteiger partial charge >= 0.3 is 0 Å². The average molecular weight is 325 g/mol. The molecule has 1 aliphatic heterocycles. The van der Waals surface area contributed by atoms with Gasteiger partial charge in [0, 0.05) is 36.6 Å². The monoisotopic (exact) mass is 324 g/mol. The summed E-state index contributed by atoms with van der Waals surface area (Å²) < 4.78 is 1.14. The summed E-state index contributed by atoms with van der Waals surface area (Å²) in [6.45, 7) is 4.73. The van der Waals surface area contributed by atoms with Crippen molar-refractivity contribution in [2.45, 2.75) is 32.2 Å². The molecule has 2 rings (SSSR count). The SMILES string of the molecule is CC1CN(C(=O)CCCc2ccccc2Br)CCN1. The van der Waals surface area contributed by atoms with Crippen LogP contribution in [-0.2, 0) is 11.2 Å². The molecule has 104 valence electrons. The van der Waals surface area contributed by atoms with E-state index in [-0.39, 0.29) is 0 Å². The van der Waals surface area contributed by atoms with Gasteiger partial charge in [-0.3, -0.25) is 4.79 Å². The van der Waals surface area contributed by atoms with Gasteiger partial charge in [0.15, 0.2) is 0 Å². The molecule has 0 radical (unpaired) electrons. The highest BCUT2D eigenvalue weighted by Gasteiger charge is 2.19. The highest BCUT2D eigenvalue weighted by atomic mass is 79.9. The molecule has 1 unspecified atom stereocenters. The van der Waals surface area contributed by atoms with Crippen LogP contribution in [0.1, 0.15) is 25.3 Å². The molecule has 0 bridgehead atoms. The summed E-state index contributed by atoms with van der Waals surface area (Å²) in [5.41, 5.74) is 1.28. The fraction of sp³-hybridized carbons (Fsp3) is 0.533. The molecule has 1 aromatic rings. The summed E-state index contributed by atoms with van der Waals surface area (Å²) in [6.07, 6.45) is 2.52. The molecule has 0 aliphatic carbocycles. The Morgan fingerprint density at radius 2 is 2.26 bits per heavy atom. The summed E-state index contributed by atoms with van der Waals surface area (Å²) in [5.74, 6) is 0.292. The van der Waals surface area contributed by atoms with E-state index in [9.17, 15) is 4.79 Å². The Balaban J connectivity index is 1.76. The first-order valence-electron chi connectivity index (χ1n) is 6.91. The van der Waals surface area contributed by atoms with Crippen LogP contribution in [-0.4, -0.2) is 36.5 Å². The number of hydrogen-bond donors (Lipinski definition) is 1. The van der Waals surface area contributed by atoms with E-state index in [0.29, 0.717) is 18.4 Å². The van der Waals surface area contributed by atoms with Crippen LogP contribution in [0.25, 0.3) is 0 Å². The predicted octanol–water partition coefficient (Wildman–Crippen LogP) is 2.59. The second-order valence-corrected chi connectivity index (χ2v) is 5.99. The van der Waals surface area contributed by atoms with Crippen molar-refractivity contribution >= 4 is 21.8 Å². The van der Waals surface area contributed by atoms with Gasteiger partial charge in [-0.2, -0.15) is 0 Å². The molecule has 4 heteroatoms. The van der Waals surface area contributed by atoms with Gasteiger partial charge in [-0.05, 0) is 31.4 Å². The Labute approximate surface area is 123 Å². The minimum absolute atomic E-state index is 0.292. The first-order valence-corrected chi connectivity index (χ1v) is 7.70. The van der Waals surface area contributed by atoms with E-state index in [1.807, 2.05) is 17.0 Å². The van der Waals surface area contributed by atoms with Crippen LogP contribution in [0.3, 0.4) is 0 Å². The molecule has 1 atom stereocenters. The molecular weight excluding hydrogens is 304 g/mol. The first kappa shape index (κ1) is 14.5. The third kappa shape index (κ3) is 4.32. The third-order valence-electron chi connectivity index (χ3n) is 3.52. The van der Waals surface area contributed by atoms with E-state index in [1.165, 1.54) is 5.56 Å². The lowest BCUT2D eigenvalue weighted by atomic mass is 10.1. The number of rotatable bonds is 4. The summed E-state index contributed by atoms with van der Waals surface area (Å²) in [5, 5.41) is 3.36. The molecule has 1 heterocycles. The van der Waals surface area contributed by atoms with Gasteiger partial charge in [0.25, 0.3) is 0 Å². The number of benzene rings is 1. The van der Waals surface area contributed by atoms with Crippen LogP contribution in [0.4, 0.5) is 0 Å². The van der Waals surface area contributed by atoms with Crippen molar-refractivity contribution in [2.75, 3.05) is 19.6 Å². The Hall–Kier alpha value is -0.870. The number of nitrogens with one attached hydrogen (secondary N) is 1. The highest BCUT2D eigenvalue weighted by Crippen LogP contribution is 2.18. The van der Waals surface area contributed by atoms with Crippen molar-refractivity contribution in [3.63, 3.8) is 0 Å². The average Bonchev–Trinajstić information content (AvgIpc) is 2.41. The van der Waals surface area contributed by atoms with Crippen LogP contribution >= 0.6 is 15.9 Å². The van der Waals surface area contributed by atoms with Crippen molar-refractivity contribution in [2.24, 2.45) is 0 Å². The van der Waals surface area contributed by atoms with Gasteiger partial charge in [-0.1, -0.05) is 34.1 Å². The van der Waals surface area contributed by atoms with Crippen LogP contribution in [0.2, 0.25) is 0 Å². The normalized spacial score (nSPS) is 19.5. The lowest BCUT2D eigenvalue weighted by Crippen LogP contribution is -2.51. The van der Waals surface area contributed by atoms with E-state index < -0.39 is 0 Å². The lowest BCUT2D eigenvalue weighted by molar-refractivity contribution is -0.132. The number of piperazine rings is 1. The van der Waals surface area contributed by atoms with Crippen LogP contribution in [0, 0.1) is 0 Å². The summed E-state index contributed by atoms with van der Waals surface area (Å²) in [4.78, 5) is 14.1. The number of carbonyl (C=O) groups excluding carboxylic acids is 1. The van der Waals surface area contributed by atoms with E-state index >= 15 is 0 Å². The zero-order chi connectivity index (χ0) is 13.7. The number of amides is 1. The lowest BCUT2D eigenvalue weighted by Gasteiger charge is -2.32. The minimum atomic E-state index is 0.292. The fourth-order valence-electron chi connectivity index (χ4n) is 2.45. The molecule has 0 saturated carbocycles. The van der Waals surface area contributed by atoms with Crippen molar-refractivity contribution in [3.8, 4) is 0 Å². The predicted molar refractivity (Wildman–Crippen MR) is 81.1 cm³/mol. The second kappa shape index (κ2) is 7.06. The van der Waals surface area contributed by atoms with Crippen LogP contribution in [0.5, 0.6) is 0 Å². The van der Waals surface area contributed by atoms with Crippen LogP contribution < -0.4 is 5.32 Å². The first-order chi connectivity index (χ1) is 9.16. The van der Waals surface area contributed by atoms with E-state index in [4.69, 9.17) is 0 Å². The molecule has 1 aromatic carbocycles. The van der Waals surface area contributed by atoms with E-state index in [2.05, 4.69) is 40.3 Å². The Morgan fingerprint density at radius 1 is 1.47 bits per heavy atom. The van der Waals surface area contributed by atoms with Gasteiger partial charge in [0.1, 0.15) is 0 Å². The maximum atomic E-state index is 12.1. The molecule has 1 amide bonds. The number of hydrogen-bond acceptors (Lipinski definition) is 2. The van der Waals surface area contributed by atoms with Gasteiger partial charge in [0.05, 0.1) is 0 Å². The summed E-state index contributed by atoms with van der Waals surface area (Å²) in [7, 11) is 0. The number of halogens is 1. The fourth-order valence-corrected chi connectivity index (χ4v) is 2.93. The van der Waals surface area contributed by atoms with Crippen molar-refractivity contribution < 1.29 is 4.79 Å². The Kier molecular flexibility index (Phi) is 5.40. The van der Waals surface area contributed by atoms with Gasteiger partial charge in [-0.25, -0.2) is 0 Å². The molecule has 1 saturated heterocycles. The highest BCUT2D eigenvalue weighted by molar-refractivity contribution is 9.10. The van der Waals surface area contributed by atoms with Crippen LogP contribution in [0.15, 0.2) is 28.7 Å². The number of nitrogens with zero attached hydrogens (tertiary/aromatic N) is 1. The zero-order valence-corrected chi connectivity index (χ0v) is 12.9. The van der Waals surface area contributed by atoms with Crippen molar-refractivity contribution in [1.82, 2.24) is 10.2 Å². The molecule has 1 N–H and O–H groups in total. The quantitative estimate of drug-likeness (QED) is 0.923. The minimum Gasteiger partial charge on any atom is -0.340 e. The van der Waals surface area contributed by atoms with E-state index in [0.717, 1.165) is 36.9 Å². The van der Waals surface area contributed by atoms with Gasteiger partial charge < -0.3 is 10.2 Å². The largest absolute Gasteiger partial charge is 0.340 e. The van der Waals surface area contributed by atoms with Crippen molar-refractivity contribution in [3.05, 3.63) is 34.3 Å². The Morgan fingerprint density at radius 3 is 3.00 bits per heavy atom.